The van der Waals surface area contributed by atoms with Gasteiger partial charge in [-0.05, 0) is 42.8 Å². The van der Waals surface area contributed by atoms with Crippen LogP contribution >= 0.6 is 0 Å². The number of nitrogens with one attached hydrogen (secondary N) is 3. The Bertz CT molecular complexity index is 1160. The molecular formula is C23H24N6O. The van der Waals surface area contributed by atoms with Crippen LogP contribution in [-0.2, 0) is 13.1 Å². The van der Waals surface area contributed by atoms with Crippen molar-refractivity contribution in [3.63, 3.8) is 0 Å². The maximum absolute atomic E-state index is 5.42. The third-order valence-electron chi connectivity index (χ3n) is 5.43. The van der Waals surface area contributed by atoms with E-state index in [1.54, 1.807) is 12.6 Å². The molecule has 0 unspecified atom stereocenters. The van der Waals surface area contributed by atoms with Crippen LogP contribution in [-0.4, -0.2) is 23.2 Å². The molecule has 5 rings (SSSR count). The second-order valence-electron chi connectivity index (χ2n) is 7.24. The highest BCUT2D eigenvalue weighted by Crippen LogP contribution is 2.36. The summed E-state index contributed by atoms with van der Waals surface area (Å²) in [5.74, 6) is 1.74. The molecule has 3 N–H and O–H groups in total. The van der Waals surface area contributed by atoms with E-state index in [-0.39, 0.29) is 0 Å². The summed E-state index contributed by atoms with van der Waals surface area (Å²) in [6.45, 7) is 5.24. The number of fused-ring (bicyclic) bond motifs is 2. The number of benzene rings is 2. The molecule has 0 atom stereocenters. The van der Waals surface area contributed by atoms with Gasteiger partial charge in [0.2, 0.25) is 0 Å². The molecule has 152 valence electrons. The fraction of sp³-hybridized carbons (Fsp3) is 0.217. The molecule has 1 aliphatic rings. The second-order valence-corrected chi connectivity index (χ2v) is 7.24. The van der Waals surface area contributed by atoms with Crippen LogP contribution < -0.4 is 20.9 Å². The lowest BCUT2D eigenvalue weighted by Gasteiger charge is -2.16. The first-order chi connectivity index (χ1) is 14.8. The van der Waals surface area contributed by atoms with Crippen molar-refractivity contribution in [2.45, 2.75) is 20.0 Å². The summed E-state index contributed by atoms with van der Waals surface area (Å²) < 4.78 is 5.42. The van der Waals surface area contributed by atoms with E-state index in [0.717, 1.165) is 52.6 Å². The van der Waals surface area contributed by atoms with Crippen LogP contribution in [0.2, 0.25) is 0 Å². The molecule has 0 spiro atoms. The van der Waals surface area contributed by atoms with Crippen molar-refractivity contribution < 1.29 is 4.42 Å². The highest BCUT2D eigenvalue weighted by atomic mass is 16.3. The first kappa shape index (κ1) is 18.3. The zero-order valence-corrected chi connectivity index (χ0v) is 16.9. The average Bonchev–Trinajstić information content (AvgIpc) is 3.44. The van der Waals surface area contributed by atoms with Gasteiger partial charge in [0.1, 0.15) is 17.9 Å². The van der Waals surface area contributed by atoms with Gasteiger partial charge in [-0.25, -0.2) is 9.97 Å². The van der Waals surface area contributed by atoms with E-state index in [1.165, 1.54) is 5.69 Å². The number of aromatic nitrogens is 2. The molecule has 2 aromatic carbocycles. The number of para-hydroxylation sites is 1. The second kappa shape index (κ2) is 7.94. The number of nitrogens with zero attached hydrogens (tertiary/aromatic N) is 3. The van der Waals surface area contributed by atoms with E-state index >= 15 is 0 Å². The zero-order chi connectivity index (χ0) is 20.3. The molecule has 1 aliphatic heterocycles. The van der Waals surface area contributed by atoms with Crippen molar-refractivity contribution in [1.82, 2.24) is 9.97 Å². The first-order valence-electron chi connectivity index (χ1n) is 10.2. The van der Waals surface area contributed by atoms with Crippen molar-refractivity contribution in [3.05, 3.63) is 72.4 Å². The fourth-order valence-corrected chi connectivity index (χ4v) is 3.81. The van der Waals surface area contributed by atoms with Gasteiger partial charge < -0.3 is 25.3 Å². The van der Waals surface area contributed by atoms with Gasteiger partial charge in [0.15, 0.2) is 0 Å². The molecule has 0 saturated heterocycles. The molecule has 0 bridgehead atoms. The summed E-state index contributed by atoms with van der Waals surface area (Å²) in [4.78, 5) is 11.3. The fourth-order valence-electron chi connectivity index (χ4n) is 3.81. The van der Waals surface area contributed by atoms with Crippen molar-refractivity contribution in [3.8, 4) is 0 Å². The molecule has 0 radical (unpaired) electrons. The maximum Gasteiger partial charge on any atom is 0.137 e. The Kier molecular flexibility index (Phi) is 4.85. The van der Waals surface area contributed by atoms with Gasteiger partial charge >= 0.3 is 0 Å². The third kappa shape index (κ3) is 3.50. The van der Waals surface area contributed by atoms with Crippen molar-refractivity contribution in [2.24, 2.45) is 0 Å². The van der Waals surface area contributed by atoms with Gasteiger partial charge in [0, 0.05) is 24.2 Å². The lowest BCUT2D eigenvalue weighted by Crippen LogP contribution is -2.21. The highest BCUT2D eigenvalue weighted by molar-refractivity contribution is 5.97. The van der Waals surface area contributed by atoms with Gasteiger partial charge in [-0.15, -0.1) is 0 Å². The minimum absolute atomic E-state index is 0.645. The van der Waals surface area contributed by atoms with Crippen LogP contribution in [0.4, 0.5) is 22.9 Å². The summed E-state index contributed by atoms with van der Waals surface area (Å²) in [5.41, 5.74) is 5.50. The number of anilines is 4. The maximum atomic E-state index is 5.42. The Morgan fingerprint density at radius 2 is 2.00 bits per heavy atom. The van der Waals surface area contributed by atoms with Crippen molar-refractivity contribution in [2.75, 3.05) is 34.1 Å². The average molecular weight is 400 g/mol. The van der Waals surface area contributed by atoms with Crippen LogP contribution in [0.3, 0.4) is 0 Å². The summed E-state index contributed by atoms with van der Waals surface area (Å²) in [7, 11) is 0. The smallest absolute Gasteiger partial charge is 0.137 e. The number of hydrogen-bond acceptors (Lipinski definition) is 7. The number of hydrogen-bond donors (Lipinski definition) is 3. The summed E-state index contributed by atoms with van der Waals surface area (Å²) in [5, 5.41) is 11.4. The molecule has 3 heterocycles. The number of furan rings is 1. The Labute approximate surface area is 175 Å². The molecule has 30 heavy (non-hydrogen) atoms. The van der Waals surface area contributed by atoms with Crippen molar-refractivity contribution >= 4 is 33.8 Å². The standard InChI is InChI=1S/C23H24N6O/c1-2-29-15-28-21-10-18-20(11-22(21)29)26-14-27-23(18)25-12-16-6-3-4-8-19(16)24-13-17-7-5-9-30-17/h3-11,14,24,28H,2,12-13,15H2,1H3,(H,25,26,27). The molecule has 2 aromatic heterocycles. The van der Waals surface area contributed by atoms with Gasteiger partial charge in [0.25, 0.3) is 0 Å². The van der Waals surface area contributed by atoms with Gasteiger partial charge in [-0.1, -0.05) is 18.2 Å². The highest BCUT2D eigenvalue weighted by Gasteiger charge is 2.19. The SMILES string of the molecule is CCN1CNc2cc3c(NCc4ccccc4NCc4ccco4)ncnc3cc21. The molecule has 7 heteroatoms. The topological polar surface area (TPSA) is 78.2 Å². The molecule has 4 aromatic rings. The first-order valence-corrected chi connectivity index (χ1v) is 10.2. The molecule has 7 nitrogen and oxygen atoms in total. The zero-order valence-electron chi connectivity index (χ0n) is 16.9. The van der Waals surface area contributed by atoms with E-state index in [1.807, 2.05) is 24.3 Å². The van der Waals surface area contributed by atoms with Gasteiger partial charge in [-0.2, -0.15) is 0 Å². The minimum Gasteiger partial charge on any atom is -0.467 e. The lowest BCUT2D eigenvalue weighted by molar-refractivity contribution is 0.518. The summed E-state index contributed by atoms with van der Waals surface area (Å²) >= 11 is 0. The van der Waals surface area contributed by atoms with Crippen LogP contribution in [0.15, 0.2) is 65.5 Å². The van der Waals surface area contributed by atoms with Crippen LogP contribution in [0.5, 0.6) is 0 Å². The molecule has 0 amide bonds. The molecule has 0 saturated carbocycles. The van der Waals surface area contributed by atoms with Gasteiger partial charge in [-0.3, -0.25) is 0 Å². The Balaban J connectivity index is 1.37. The van der Waals surface area contributed by atoms with E-state index in [0.29, 0.717) is 13.1 Å². The summed E-state index contributed by atoms with van der Waals surface area (Å²) in [6, 6.07) is 16.4. The van der Waals surface area contributed by atoms with E-state index in [2.05, 4.69) is 62.0 Å². The van der Waals surface area contributed by atoms with Crippen LogP contribution in [0.1, 0.15) is 18.2 Å². The van der Waals surface area contributed by atoms with Crippen molar-refractivity contribution in [1.29, 1.82) is 0 Å². The Hall–Kier alpha value is -3.74. The predicted molar refractivity (Wildman–Crippen MR) is 121 cm³/mol. The van der Waals surface area contributed by atoms with Crippen LogP contribution in [0.25, 0.3) is 10.9 Å². The van der Waals surface area contributed by atoms with Crippen LogP contribution in [0, 0.1) is 0 Å². The monoisotopic (exact) mass is 400 g/mol. The Morgan fingerprint density at radius 3 is 2.87 bits per heavy atom. The molecule has 0 aliphatic carbocycles. The lowest BCUT2D eigenvalue weighted by atomic mass is 10.1. The quantitative estimate of drug-likeness (QED) is 0.416. The number of rotatable bonds is 7. The van der Waals surface area contributed by atoms with E-state index in [4.69, 9.17) is 4.42 Å². The Morgan fingerprint density at radius 1 is 1.07 bits per heavy atom. The van der Waals surface area contributed by atoms with Gasteiger partial charge in [0.05, 0.1) is 36.4 Å². The predicted octanol–water partition coefficient (Wildman–Crippen LogP) is 4.66. The normalized spacial score (nSPS) is 12.6. The van der Waals surface area contributed by atoms with E-state index < -0.39 is 0 Å². The minimum atomic E-state index is 0.645. The summed E-state index contributed by atoms with van der Waals surface area (Å²) in [6.07, 6.45) is 3.31. The largest absolute Gasteiger partial charge is 0.467 e. The van der Waals surface area contributed by atoms with E-state index in [9.17, 15) is 0 Å². The third-order valence-corrected chi connectivity index (χ3v) is 5.43. The molecule has 0 fully saturated rings. The molecular weight excluding hydrogens is 376 g/mol.